The Labute approximate surface area is 305 Å². The summed E-state index contributed by atoms with van der Waals surface area (Å²) in [5.41, 5.74) is 16.2. The maximum atomic E-state index is 12.6. The van der Waals surface area contributed by atoms with Crippen LogP contribution in [0.25, 0.3) is 0 Å². The van der Waals surface area contributed by atoms with Crippen LogP contribution in [0.4, 0.5) is 0 Å². The fourth-order valence-corrected chi connectivity index (χ4v) is 8.53. The molecule has 0 amide bonds. The lowest BCUT2D eigenvalue weighted by Crippen LogP contribution is -2.42. The van der Waals surface area contributed by atoms with Crippen molar-refractivity contribution in [3.63, 3.8) is 0 Å². The van der Waals surface area contributed by atoms with E-state index in [1.165, 1.54) is 20.9 Å². The Morgan fingerprint density at radius 1 is 0.646 bits per heavy atom. The third kappa shape index (κ3) is 12.8. The second-order valence-electron chi connectivity index (χ2n) is 12.8. The smallest absolute Gasteiger partial charge is 0.319 e. The van der Waals surface area contributed by atoms with Crippen LogP contribution >= 0.6 is 55.0 Å². The molecule has 0 fully saturated rings. The van der Waals surface area contributed by atoms with Crippen LogP contribution in [-0.2, 0) is 39.3 Å². The highest BCUT2D eigenvalue weighted by atomic mass is 35.5. The summed E-state index contributed by atoms with van der Waals surface area (Å²) >= 11 is 16.7. The topological polar surface area (TPSA) is 87.6 Å². The molecule has 10 heteroatoms. The molecule has 258 valence electrons. The van der Waals surface area contributed by atoms with E-state index in [1.807, 2.05) is 38.1 Å². The van der Waals surface area contributed by atoms with Gasteiger partial charge in [-0.3, -0.25) is 4.57 Å². The van der Waals surface area contributed by atoms with Gasteiger partial charge in [-0.05, 0) is 123 Å². The Morgan fingerprint density at radius 2 is 1.04 bits per heavy atom. The first-order valence-corrected chi connectivity index (χ1v) is 19.9. The van der Waals surface area contributed by atoms with Gasteiger partial charge in [0.2, 0.25) is 0 Å². The van der Waals surface area contributed by atoms with E-state index >= 15 is 0 Å². The lowest BCUT2D eigenvalue weighted by atomic mass is 9.95. The van der Waals surface area contributed by atoms with Gasteiger partial charge in [0.1, 0.15) is 0 Å². The molecule has 0 heterocycles. The Balaban J connectivity index is 1.18. The maximum Gasteiger partial charge on any atom is 0.319 e. The van der Waals surface area contributed by atoms with Crippen LogP contribution in [0.2, 0.25) is 10.0 Å². The molecule has 4 aromatic carbocycles. The van der Waals surface area contributed by atoms with Gasteiger partial charge in [-0.2, -0.15) is 0 Å². The van der Waals surface area contributed by atoms with E-state index in [1.54, 1.807) is 23.5 Å². The molecule has 4 aromatic rings. The molecule has 0 spiro atoms. The second kappa shape index (κ2) is 18.5. The molecule has 5 nitrogen and oxygen atoms in total. The number of rotatable bonds is 18. The summed E-state index contributed by atoms with van der Waals surface area (Å²) in [5, 5.41) is 1.41. The Bertz CT molecular complexity index is 1560. The number of benzene rings is 4. The Hall–Kier alpha value is -1.77. The summed E-state index contributed by atoms with van der Waals surface area (Å²) in [6, 6.07) is 29.3. The van der Waals surface area contributed by atoms with Gasteiger partial charge >= 0.3 is 8.25 Å². The first kappa shape index (κ1) is 39.0. The molecule has 4 N–H and O–H groups in total. The van der Waals surface area contributed by atoms with E-state index in [2.05, 4.69) is 74.5 Å². The highest BCUT2D eigenvalue weighted by Gasteiger charge is 2.24. The minimum atomic E-state index is -2.78. The monoisotopic (exact) mass is 744 g/mol. The number of nitrogens with two attached hydrogens (primary N) is 2. The quantitative estimate of drug-likeness (QED) is 0.0981. The van der Waals surface area contributed by atoms with E-state index in [0.29, 0.717) is 35.7 Å². The van der Waals surface area contributed by atoms with Crippen LogP contribution in [-0.4, -0.2) is 24.3 Å². The van der Waals surface area contributed by atoms with Gasteiger partial charge in [0, 0.05) is 40.7 Å². The minimum absolute atomic E-state index is 0.0914. The first-order valence-electron chi connectivity index (χ1n) is 16.3. The van der Waals surface area contributed by atoms with Crippen LogP contribution in [0, 0.1) is 0 Å². The molecule has 0 saturated carbocycles. The van der Waals surface area contributed by atoms with Gasteiger partial charge in [0.15, 0.2) is 0 Å². The standard InChI is InChI=1S/C38H47Cl2N2O3PS2/c1-5-27-9-7-11-31(21-27)47-33-15-13-29(35(39)23-33)17-19-37(3,41)25-44-46(43)45-26-38(4,42)20-18-30-14-16-34(24-36(30)40)48-32-12-8-10-28(6-2)22-32/h7-16,21-24,46H,5-6,17-20,25-26,41-42H2,1-4H3/t37-,38-/m1/s1. The third-order valence-electron chi connectivity index (χ3n) is 8.10. The van der Waals surface area contributed by atoms with Crippen molar-refractivity contribution in [1.29, 1.82) is 0 Å². The number of hydrogen-bond acceptors (Lipinski definition) is 7. The fraction of sp³-hybridized carbons (Fsp3) is 0.368. The van der Waals surface area contributed by atoms with E-state index in [4.69, 9.17) is 43.7 Å². The highest BCUT2D eigenvalue weighted by molar-refractivity contribution is 7.99. The average Bonchev–Trinajstić information content (AvgIpc) is 3.06. The number of aryl methyl sites for hydroxylation is 4. The van der Waals surface area contributed by atoms with Crippen molar-refractivity contribution >= 4 is 55.0 Å². The zero-order chi connectivity index (χ0) is 34.7. The highest BCUT2D eigenvalue weighted by Crippen LogP contribution is 2.34. The molecule has 0 unspecified atom stereocenters. The molecule has 0 saturated heterocycles. The summed E-state index contributed by atoms with van der Waals surface area (Å²) in [7, 11) is -2.78. The van der Waals surface area contributed by atoms with Crippen molar-refractivity contribution in [2.75, 3.05) is 13.2 Å². The number of halogens is 2. The van der Waals surface area contributed by atoms with Gasteiger partial charge in [0.05, 0.1) is 13.2 Å². The molecule has 2 atom stereocenters. The molecule has 0 bridgehead atoms. The zero-order valence-corrected chi connectivity index (χ0v) is 32.3. The normalized spacial score (nSPS) is 14.2. The molecule has 0 aromatic heterocycles. The molecule has 0 aliphatic carbocycles. The summed E-state index contributed by atoms with van der Waals surface area (Å²) in [6.45, 7) is 8.25. The van der Waals surface area contributed by atoms with E-state index < -0.39 is 19.3 Å². The first-order chi connectivity index (χ1) is 22.8. The summed E-state index contributed by atoms with van der Waals surface area (Å²) < 4.78 is 23.8. The van der Waals surface area contributed by atoms with Crippen molar-refractivity contribution in [1.82, 2.24) is 0 Å². The van der Waals surface area contributed by atoms with Crippen molar-refractivity contribution in [3.05, 3.63) is 117 Å². The van der Waals surface area contributed by atoms with Gasteiger partial charge in [-0.15, -0.1) is 0 Å². The zero-order valence-electron chi connectivity index (χ0n) is 28.2. The summed E-state index contributed by atoms with van der Waals surface area (Å²) in [5.74, 6) is 0. The minimum Gasteiger partial charge on any atom is -0.323 e. The van der Waals surface area contributed by atoms with E-state index in [-0.39, 0.29) is 13.2 Å². The van der Waals surface area contributed by atoms with Crippen LogP contribution in [0.5, 0.6) is 0 Å². The van der Waals surface area contributed by atoms with Crippen LogP contribution in [0.1, 0.15) is 62.8 Å². The third-order valence-corrected chi connectivity index (χ3v) is 11.5. The largest absolute Gasteiger partial charge is 0.323 e. The van der Waals surface area contributed by atoms with Crippen molar-refractivity contribution in [2.45, 2.75) is 96.9 Å². The van der Waals surface area contributed by atoms with Crippen LogP contribution < -0.4 is 11.5 Å². The summed E-state index contributed by atoms with van der Waals surface area (Å²) in [4.78, 5) is 4.55. The molecule has 4 rings (SSSR count). The van der Waals surface area contributed by atoms with Crippen LogP contribution in [0.15, 0.2) is 105 Å². The van der Waals surface area contributed by atoms with Gasteiger partial charge < -0.3 is 20.5 Å². The molecular formula is C38H47Cl2N2O3PS2. The molecule has 0 radical (unpaired) electrons. The fourth-order valence-electron chi connectivity index (χ4n) is 4.99. The molecule has 0 aliphatic rings. The van der Waals surface area contributed by atoms with Gasteiger partial charge in [-0.25, -0.2) is 0 Å². The van der Waals surface area contributed by atoms with E-state index in [0.717, 1.165) is 33.8 Å². The molecular weight excluding hydrogens is 698 g/mol. The predicted molar refractivity (Wildman–Crippen MR) is 206 cm³/mol. The van der Waals surface area contributed by atoms with Crippen molar-refractivity contribution in [3.8, 4) is 0 Å². The van der Waals surface area contributed by atoms with E-state index in [9.17, 15) is 4.57 Å². The van der Waals surface area contributed by atoms with Gasteiger partial charge in [0.25, 0.3) is 0 Å². The lowest BCUT2D eigenvalue weighted by molar-refractivity contribution is 0.158. The molecule has 48 heavy (non-hydrogen) atoms. The van der Waals surface area contributed by atoms with Crippen molar-refractivity contribution in [2.24, 2.45) is 11.5 Å². The van der Waals surface area contributed by atoms with Crippen LogP contribution in [0.3, 0.4) is 0 Å². The summed E-state index contributed by atoms with van der Waals surface area (Å²) in [6.07, 6.45) is 4.55. The lowest BCUT2D eigenvalue weighted by Gasteiger charge is -2.26. The predicted octanol–water partition coefficient (Wildman–Crippen LogP) is 10.8. The van der Waals surface area contributed by atoms with Crippen molar-refractivity contribution < 1.29 is 13.6 Å². The average molecular weight is 746 g/mol. The Morgan fingerprint density at radius 3 is 1.42 bits per heavy atom. The number of hydrogen-bond donors (Lipinski definition) is 2. The second-order valence-corrected chi connectivity index (χ2v) is 17.0. The van der Waals surface area contributed by atoms with Gasteiger partial charge in [-0.1, -0.05) is 97.0 Å². The Kier molecular flexibility index (Phi) is 15.0. The maximum absolute atomic E-state index is 12.6. The molecule has 0 aliphatic heterocycles. The SMILES string of the molecule is CCc1cccc(Sc2ccc(CC[C@@](C)(N)CO[PH](=O)OC[C@](C)(N)CCc3ccc(Sc4cccc(CC)c4)cc3Cl)c(Cl)c2)c1.